The molecular formula is C14H14BrN3O. The lowest BCUT2D eigenvalue weighted by Gasteiger charge is -2.18. The number of anilines is 1. The molecule has 2 unspecified atom stereocenters. The van der Waals surface area contributed by atoms with Gasteiger partial charge in [-0.15, -0.1) is 0 Å². The van der Waals surface area contributed by atoms with Gasteiger partial charge in [-0.05, 0) is 58.8 Å². The largest absolute Gasteiger partial charge is 0.342 e. The topological polar surface area (TPSA) is 49.0 Å². The monoisotopic (exact) mass is 319 g/mol. The maximum Gasteiger partial charge on any atom is 0.260 e. The molecule has 1 aromatic heterocycles. The lowest BCUT2D eigenvalue weighted by molar-refractivity contribution is 0.788. The molecule has 2 aliphatic rings. The molecule has 5 heteroatoms. The second kappa shape index (κ2) is 3.82. The van der Waals surface area contributed by atoms with Crippen LogP contribution in [0.25, 0.3) is 10.9 Å². The molecule has 4 rings (SSSR count). The van der Waals surface area contributed by atoms with E-state index in [4.69, 9.17) is 0 Å². The average molecular weight is 320 g/mol. The van der Waals surface area contributed by atoms with E-state index < -0.39 is 0 Å². The molecule has 2 heterocycles. The van der Waals surface area contributed by atoms with Crippen LogP contribution in [0.5, 0.6) is 0 Å². The van der Waals surface area contributed by atoms with Crippen LogP contribution in [0, 0.1) is 18.8 Å². The fraction of sp³-hybridized carbons (Fsp3) is 0.429. The molecule has 1 aliphatic carbocycles. The highest BCUT2D eigenvalue weighted by atomic mass is 79.9. The Labute approximate surface area is 119 Å². The van der Waals surface area contributed by atoms with Crippen molar-refractivity contribution in [1.82, 2.24) is 9.97 Å². The highest BCUT2D eigenvalue weighted by Crippen LogP contribution is 2.45. The number of aryl methyl sites for hydroxylation is 1. The maximum absolute atomic E-state index is 12.2. The number of aromatic amines is 1. The average Bonchev–Trinajstić information content (AvgIpc) is 2.97. The molecule has 1 saturated heterocycles. The first-order valence-corrected chi connectivity index (χ1v) is 7.36. The van der Waals surface area contributed by atoms with E-state index in [2.05, 4.69) is 30.8 Å². The molecule has 1 N–H and O–H groups in total. The minimum absolute atomic E-state index is 0.0510. The van der Waals surface area contributed by atoms with Gasteiger partial charge in [-0.25, -0.2) is 4.98 Å². The van der Waals surface area contributed by atoms with Crippen LogP contribution in [-0.4, -0.2) is 23.1 Å². The van der Waals surface area contributed by atoms with Gasteiger partial charge in [0.05, 0.1) is 10.9 Å². The molecule has 19 heavy (non-hydrogen) atoms. The summed E-state index contributed by atoms with van der Waals surface area (Å²) in [7, 11) is 0. The summed E-state index contributed by atoms with van der Waals surface area (Å²) >= 11 is 3.51. The van der Waals surface area contributed by atoms with E-state index in [1.54, 1.807) is 0 Å². The zero-order valence-corrected chi connectivity index (χ0v) is 12.2. The summed E-state index contributed by atoms with van der Waals surface area (Å²) < 4.78 is 0.888. The van der Waals surface area contributed by atoms with E-state index >= 15 is 0 Å². The Morgan fingerprint density at radius 3 is 2.84 bits per heavy atom. The van der Waals surface area contributed by atoms with E-state index in [-0.39, 0.29) is 5.56 Å². The van der Waals surface area contributed by atoms with Crippen molar-refractivity contribution in [3.8, 4) is 0 Å². The van der Waals surface area contributed by atoms with Gasteiger partial charge in [-0.2, -0.15) is 0 Å². The molecule has 0 spiro atoms. The van der Waals surface area contributed by atoms with Gasteiger partial charge in [0.1, 0.15) is 0 Å². The third kappa shape index (κ3) is 1.79. The van der Waals surface area contributed by atoms with Gasteiger partial charge in [-0.3, -0.25) is 9.78 Å². The fourth-order valence-corrected chi connectivity index (χ4v) is 3.71. The van der Waals surface area contributed by atoms with Gasteiger partial charge in [0.15, 0.2) is 0 Å². The number of halogens is 1. The van der Waals surface area contributed by atoms with Crippen LogP contribution in [-0.2, 0) is 0 Å². The van der Waals surface area contributed by atoms with Crippen molar-refractivity contribution in [3.05, 3.63) is 32.5 Å². The van der Waals surface area contributed by atoms with Crippen LogP contribution in [0.1, 0.15) is 12.0 Å². The lowest BCUT2D eigenvalue weighted by atomic mass is 10.2. The first-order valence-electron chi connectivity index (χ1n) is 6.57. The highest BCUT2D eigenvalue weighted by Gasteiger charge is 2.45. The Bertz CT molecular complexity index is 729. The van der Waals surface area contributed by atoms with Gasteiger partial charge in [-0.1, -0.05) is 0 Å². The van der Waals surface area contributed by atoms with E-state index in [0.717, 1.165) is 40.5 Å². The Hall–Kier alpha value is -1.36. The highest BCUT2D eigenvalue weighted by molar-refractivity contribution is 9.10. The van der Waals surface area contributed by atoms with Gasteiger partial charge in [0.2, 0.25) is 5.95 Å². The van der Waals surface area contributed by atoms with Crippen molar-refractivity contribution in [2.75, 3.05) is 18.0 Å². The van der Waals surface area contributed by atoms with E-state index in [0.29, 0.717) is 11.3 Å². The van der Waals surface area contributed by atoms with Crippen LogP contribution < -0.4 is 10.5 Å². The Morgan fingerprint density at radius 1 is 1.37 bits per heavy atom. The van der Waals surface area contributed by atoms with E-state index in [9.17, 15) is 4.79 Å². The first kappa shape index (κ1) is 11.5. The van der Waals surface area contributed by atoms with Crippen molar-refractivity contribution < 1.29 is 0 Å². The predicted molar refractivity (Wildman–Crippen MR) is 78.6 cm³/mol. The summed E-state index contributed by atoms with van der Waals surface area (Å²) in [6.07, 6.45) is 1.34. The summed E-state index contributed by atoms with van der Waals surface area (Å²) in [6.45, 7) is 4.04. The SMILES string of the molecule is Cc1cc(Br)c2nc(N3CC4CC4C3)[nH]c(=O)c2c1. The second-order valence-electron chi connectivity index (χ2n) is 5.69. The number of nitrogens with one attached hydrogen (secondary N) is 1. The van der Waals surface area contributed by atoms with Crippen molar-refractivity contribution in [2.45, 2.75) is 13.3 Å². The molecule has 4 nitrogen and oxygen atoms in total. The second-order valence-corrected chi connectivity index (χ2v) is 6.55. The standard InChI is InChI=1S/C14H14BrN3O/c1-7-2-10-12(11(15)3-7)16-14(17-13(10)19)18-5-8-4-9(8)6-18/h2-3,8-9H,4-6H2,1H3,(H,16,17,19). The Balaban J connectivity index is 1.87. The van der Waals surface area contributed by atoms with Crippen molar-refractivity contribution in [2.24, 2.45) is 11.8 Å². The number of piperidine rings is 1. The lowest BCUT2D eigenvalue weighted by Crippen LogP contribution is -2.26. The normalized spacial score (nSPS) is 24.8. The summed E-state index contributed by atoms with van der Waals surface area (Å²) in [5.74, 6) is 2.36. The molecule has 98 valence electrons. The van der Waals surface area contributed by atoms with Crippen LogP contribution in [0.4, 0.5) is 5.95 Å². The fourth-order valence-electron chi connectivity index (χ4n) is 3.04. The zero-order chi connectivity index (χ0) is 13.1. The molecule has 0 radical (unpaired) electrons. The summed E-state index contributed by atoms with van der Waals surface area (Å²) in [5, 5.41) is 0.653. The molecule has 1 aliphatic heterocycles. The predicted octanol–water partition coefficient (Wildman–Crippen LogP) is 2.45. The molecule has 2 fully saturated rings. The third-order valence-electron chi connectivity index (χ3n) is 4.17. The van der Waals surface area contributed by atoms with Gasteiger partial charge in [0.25, 0.3) is 5.56 Å². The Kier molecular flexibility index (Phi) is 2.31. The van der Waals surface area contributed by atoms with Crippen LogP contribution in [0.2, 0.25) is 0 Å². The quantitative estimate of drug-likeness (QED) is 0.878. The van der Waals surface area contributed by atoms with Crippen LogP contribution >= 0.6 is 15.9 Å². The number of nitrogens with zero attached hydrogens (tertiary/aromatic N) is 2. The first-order chi connectivity index (χ1) is 9.11. The number of hydrogen-bond donors (Lipinski definition) is 1. The van der Waals surface area contributed by atoms with Crippen molar-refractivity contribution in [3.63, 3.8) is 0 Å². The number of fused-ring (bicyclic) bond motifs is 2. The minimum atomic E-state index is -0.0510. The van der Waals surface area contributed by atoms with Gasteiger partial charge in [0, 0.05) is 17.6 Å². The van der Waals surface area contributed by atoms with E-state index in [1.165, 1.54) is 6.42 Å². The maximum atomic E-state index is 12.2. The molecule has 0 amide bonds. The van der Waals surface area contributed by atoms with Crippen LogP contribution in [0.3, 0.4) is 0 Å². The molecule has 0 bridgehead atoms. The van der Waals surface area contributed by atoms with Crippen molar-refractivity contribution >= 4 is 32.8 Å². The molecule has 2 atom stereocenters. The third-order valence-corrected chi connectivity index (χ3v) is 4.78. The van der Waals surface area contributed by atoms with Crippen LogP contribution in [0.15, 0.2) is 21.4 Å². The van der Waals surface area contributed by atoms with Crippen molar-refractivity contribution in [1.29, 1.82) is 0 Å². The molecule has 2 aromatic rings. The van der Waals surface area contributed by atoms with Gasteiger partial charge >= 0.3 is 0 Å². The van der Waals surface area contributed by atoms with E-state index in [1.807, 2.05) is 19.1 Å². The smallest absolute Gasteiger partial charge is 0.260 e. The number of rotatable bonds is 1. The zero-order valence-electron chi connectivity index (χ0n) is 10.6. The summed E-state index contributed by atoms with van der Waals surface area (Å²) in [5.41, 5.74) is 1.76. The number of hydrogen-bond acceptors (Lipinski definition) is 3. The number of aromatic nitrogens is 2. The summed E-state index contributed by atoms with van der Waals surface area (Å²) in [6, 6.07) is 3.89. The minimum Gasteiger partial charge on any atom is -0.342 e. The Morgan fingerprint density at radius 2 is 2.11 bits per heavy atom. The molecule has 1 aromatic carbocycles. The number of H-pyrrole nitrogens is 1. The molecular weight excluding hydrogens is 306 g/mol. The number of benzene rings is 1. The molecule has 1 saturated carbocycles. The summed E-state index contributed by atoms with van der Waals surface area (Å²) in [4.78, 5) is 22.0. The van der Waals surface area contributed by atoms with Gasteiger partial charge < -0.3 is 4.90 Å².